The summed E-state index contributed by atoms with van der Waals surface area (Å²) in [6.45, 7) is 6.41. The zero-order valence-corrected chi connectivity index (χ0v) is 41.1. The zero-order chi connectivity index (χ0) is 45.8. The van der Waals surface area contributed by atoms with Crippen LogP contribution in [0.3, 0.4) is 0 Å². The normalized spacial score (nSPS) is 12.7. The molecular weight excluding hydrogens is 781 g/mol. The highest BCUT2D eigenvalue weighted by molar-refractivity contribution is 5.71. The molecule has 0 radical (unpaired) electrons. The summed E-state index contributed by atoms with van der Waals surface area (Å²) in [6.07, 6.45) is 65.8. The van der Waals surface area contributed by atoms with Gasteiger partial charge in [0.25, 0.3) is 0 Å². The van der Waals surface area contributed by atoms with Gasteiger partial charge in [-0.05, 0) is 103 Å². The smallest absolute Gasteiger partial charge is 0.306 e. The van der Waals surface area contributed by atoms with E-state index in [1.165, 1.54) is 103 Å². The first-order valence-corrected chi connectivity index (χ1v) is 26.1. The van der Waals surface area contributed by atoms with Crippen LogP contribution >= 0.6 is 0 Å². The summed E-state index contributed by atoms with van der Waals surface area (Å²) in [5, 5.41) is 0. The predicted molar refractivity (Wildman–Crippen MR) is 270 cm³/mol. The summed E-state index contributed by atoms with van der Waals surface area (Å²) in [7, 11) is 0. The van der Waals surface area contributed by atoms with Crippen molar-refractivity contribution in [3.8, 4) is 0 Å². The Labute approximate surface area is 388 Å². The van der Waals surface area contributed by atoms with E-state index in [1.54, 1.807) is 0 Å². The Kier molecular flexibility index (Phi) is 48.5. The topological polar surface area (TPSA) is 78.9 Å². The van der Waals surface area contributed by atoms with Crippen LogP contribution in [-0.4, -0.2) is 37.2 Å². The highest BCUT2D eigenvalue weighted by Gasteiger charge is 2.19. The fourth-order valence-corrected chi connectivity index (χ4v) is 6.95. The number of carbonyl (C=O) groups is 3. The highest BCUT2D eigenvalue weighted by Crippen LogP contribution is 2.13. The van der Waals surface area contributed by atoms with Crippen molar-refractivity contribution < 1.29 is 28.6 Å². The van der Waals surface area contributed by atoms with Crippen LogP contribution in [0, 0.1) is 0 Å². The molecule has 0 bridgehead atoms. The molecule has 63 heavy (non-hydrogen) atoms. The minimum Gasteiger partial charge on any atom is -0.462 e. The Bertz CT molecular complexity index is 1240. The van der Waals surface area contributed by atoms with Gasteiger partial charge in [0.15, 0.2) is 6.10 Å². The molecule has 0 spiro atoms. The molecule has 0 fully saturated rings. The van der Waals surface area contributed by atoms with E-state index in [2.05, 4.69) is 93.7 Å². The first-order valence-electron chi connectivity index (χ1n) is 26.1. The largest absolute Gasteiger partial charge is 0.462 e. The Hall–Kier alpha value is -3.41. The second kappa shape index (κ2) is 51.2. The van der Waals surface area contributed by atoms with Gasteiger partial charge in [-0.25, -0.2) is 0 Å². The molecule has 0 heterocycles. The van der Waals surface area contributed by atoms with Crippen LogP contribution in [0.1, 0.15) is 239 Å². The minimum absolute atomic E-state index is 0.106. The quantitative estimate of drug-likeness (QED) is 0.0262. The van der Waals surface area contributed by atoms with Gasteiger partial charge in [-0.15, -0.1) is 0 Å². The van der Waals surface area contributed by atoms with Crippen molar-refractivity contribution in [3.63, 3.8) is 0 Å². The number of hydrogen-bond acceptors (Lipinski definition) is 6. The molecule has 0 aliphatic carbocycles. The molecule has 6 nitrogen and oxygen atoms in total. The van der Waals surface area contributed by atoms with Gasteiger partial charge in [0, 0.05) is 19.3 Å². The van der Waals surface area contributed by atoms with E-state index in [0.29, 0.717) is 19.3 Å². The molecule has 6 heteroatoms. The van der Waals surface area contributed by atoms with Gasteiger partial charge in [0.1, 0.15) is 13.2 Å². The molecule has 0 rings (SSSR count). The van der Waals surface area contributed by atoms with Crippen molar-refractivity contribution in [2.24, 2.45) is 0 Å². The van der Waals surface area contributed by atoms with Crippen LogP contribution in [0.5, 0.6) is 0 Å². The van der Waals surface area contributed by atoms with Gasteiger partial charge in [-0.3, -0.25) is 14.4 Å². The number of hydrogen-bond donors (Lipinski definition) is 0. The van der Waals surface area contributed by atoms with Crippen LogP contribution in [0.25, 0.3) is 0 Å². The molecular formula is C57H96O6. The van der Waals surface area contributed by atoms with Crippen molar-refractivity contribution in [2.75, 3.05) is 13.2 Å². The second-order valence-electron chi connectivity index (χ2n) is 17.0. The average molecular weight is 877 g/mol. The van der Waals surface area contributed by atoms with Gasteiger partial charge in [-0.1, -0.05) is 202 Å². The SMILES string of the molecule is CC/C=C\C/C=C\C/C=C\C/C=C\CCC(=O)OCC(COC(=O)CCCCCCCCC/C=C\C/C=C\CCCCCC)OC(=O)CCCCCCC/C=C\CCCCCCC. The van der Waals surface area contributed by atoms with Crippen LogP contribution in [0.15, 0.2) is 85.1 Å². The third-order valence-corrected chi connectivity index (χ3v) is 10.9. The molecule has 0 saturated carbocycles. The molecule has 0 saturated heterocycles. The molecule has 360 valence electrons. The summed E-state index contributed by atoms with van der Waals surface area (Å²) < 4.78 is 16.7. The summed E-state index contributed by atoms with van der Waals surface area (Å²) in [4.78, 5) is 37.9. The van der Waals surface area contributed by atoms with Crippen molar-refractivity contribution >= 4 is 17.9 Å². The Morgan fingerprint density at radius 3 is 1.10 bits per heavy atom. The molecule has 0 N–H and O–H groups in total. The van der Waals surface area contributed by atoms with Gasteiger partial charge < -0.3 is 14.2 Å². The molecule has 1 unspecified atom stereocenters. The van der Waals surface area contributed by atoms with E-state index in [0.717, 1.165) is 89.9 Å². The van der Waals surface area contributed by atoms with E-state index in [1.807, 2.05) is 12.2 Å². The Balaban J connectivity index is 4.47. The second-order valence-corrected chi connectivity index (χ2v) is 17.0. The average Bonchev–Trinajstić information content (AvgIpc) is 3.28. The maximum Gasteiger partial charge on any atom is 0.306 e. The van der Waals surface area contributed by atoms with Crippen LogP contribution in [0.4, 0.5) is 0 Å². The molecule has 0 amide bonds. The Morgan fingerprint density at radius 1 is 0.333 bits per heavy atom. The minimum atomic E-state index is -0.812. The van der Waals surface area contributed by atoms with Gasteiger partial charge in [0.05, 0.1) is 0 Å². The lowest BCUT2D eigenvalue weighted by atomic mass is 10.1. The summed E-state index contributed by atoms with van der Waals surface area (Å²) >= 11 is 0. The Morgan fingerprint density at radius 2 is 0.651 bits per heavy atom. The number of unbranched alkanes of at least 4 members (excludes halogenated alkanes) is 21. The number of esters is 3. The van der Waals surface area contributed by atoms with E-state index in [4.69, 9.17) is 14.2 Å². The van der Waals surface area contributed by atoms with E-state index >= 15 is 0 Å². The number of allylic oxidation sites excluding steroid dienone is 14. The molecule has 1 atom stereocenters. The summed E-state index contributed by atoms with van der Waals surface area (Å²) in [6, 6.07) is 0. The summed E-state index contributed by atoms with van der Waals surface area (Å²) in [5.41, 5.74) is 0. The zero-order valence-electron chi connectivity index (χ0n) is 41.1. The van der Waals surface area contributed by atoms with Gasteiger partial charge in [0.2, 0.25) is 0 Å². The molecule has 0 aliphatic heterocycles. The first kappa shape index (κ1) is 59.6. The van der Waals surface area contributed by atoms with Crippen LogP contribution in [0.2, 0.25) is 0 Å². The van der Waals surface area contributed by atoms with E-state index < -0.39 is 6.10 Å². The van der Waals surface area contributed by atoms with E-state index in [9.17, 15) is 14.4 Å². The van der Waals surface area contributed by atoms with Crippen LogP contribution < -0.4 is 0 Å². The van der Waals surface area contributed by atoms with Crippen LogP contribution in [-0.2, 0) is 28.6 Å². The van der Waals surface area contributed by atoms with Crippen molar-refractivity contribution in [3.05, 3.63) is 85.1 Å². The molecule has 0 aromatic heterocycles. The number of ether oxygens (including phenoxy) is 3. The monoisotopic (exact) mass is 877 g/mol. The number of rotatable bonds is 46. The molecule has 0 aliphatic rings. The lowest BCUT2D eigenvalue weighted by Crippen LogP contribution is -2.30. The molecule has 0 aromatic carbocycles. The van der Waals surface area contributed by atoms with Crippen molar-refractivity contribution in [2.45, 2.75) is 245 Å². The fourth-order valence-electron chi connectivity index (χ4n) is 6.95. The highest BCUT2D eigenvalue weighted by atomic mass is 16.6. The lowest BCUT2D eigenvalue weighted by Gasteiger charge is -2.18. The van der Waals surface area contributed by atoms with E-state index in [-0.39, 0.29) is 37.5 Å². The predicted octanol–water partition coefficient (Wildman–Crippen LogP) is 17.2. The first-order chi connectivity index (χ1) is 31.0. The fraction of sp³-hybridized carbons (Fsp3) is 0.702. The van der Waals surface area contributed by atoms with Gasteiger partial charge in [-0.2, -0.15) is 0 Å². The molecule has 0 aromatic rings. The number of carbonyl (C=O) groups excluding carboxylic acids is 3. The van der Waals surface area contributed by atoms with Gasteiger partial charge >= 0.3 is 17.9 Å². The third kappa shape index (κ3) is 49.5. The third-order valence-electron chi connectivity index (χ3n) is 10.9. The lowest BCUT2D eigenvalue weighted by molar-refractivity contribution is -0.166. The maximum atomic E-state index is 12.8. The standard InChI is InChI=1S/C57H96O6/c1-4-7-10-13-16-19-22-25-27-28-29-30-33-35-38-41-44-47-50-56(59)62-53-54(52-61-55(58)49-46-43-40-37-34-31-24-21-18-15-12-9-6-3)63-57(60)51-48-45-42-39-36-32-26-23-20-17-14-11-8-5-2/h9,12,18-19,21-23,26-28,31,34,40,43,54H,4-8,10-11,13-17,20,24-25,29-30,32-33,35-39,41-42,44-53H2,1-3H3/b12-9-,21-18-,22-19-,26-23-,28-27-,34-31-,43-40-. The van der Waals surface area contributed by atoms with Crippen molar-refractivity contribution in [1.82, 2.24) is 0 Å². The van der Waals surface area contributed by atoms with Crippen molar-refractivity contribution in [1.29, 1.82) is 0 Å². The summed E-state index contributed by atoms with van der Waals surface area (Å²) in [5.74, 6) is -1.01. The maximum absolute atomic E-state index is 12.8.